The average molecular weight is 196 g/mol. The van der Waals surface area contributed by atoms with Crippen molar-refractivity contribution in [2.75, 3.05) is 13.1 Å². The van der Waals surface area contributed by atoms with E-state index in [0.29, 0.717) is 0 Å². The third kappa shape index (κ3) is 1.92. The van der Waals surface area contributed by atoms with Gasteiger partial charge in [0.25, 0.3) is 0 Å². The van der Waals surface area contributed by atoms with Gasteiger partial charge in [0.05, 0.1) is 5.01 Å². The average Bonchev–Trinajstić information content (AvgIpc) is 2.53. The molecule has 0 bridgehead atoms. The number of rotatable bonds is 1. The first-order valence-corrected chi connectivity index (χ1v) is 5.72. The van der Waals surface area contributed by atoms with Crippen molar-refractivity contribution in [1.82, 2.24) is 10.3 Å². The van der Waals surface area contributed by atoms with Gasteiger partial charge >= 0.3 is 0 Å². The molecule has 1 fully saturated rings. The summed E-state index contributed by atoms with van der Waals surface area (Å²) in [4.78, 5) is 5.80. The van der Waals surface area contributed by atoms with Gasteiger partial charge in [-0.15, -0.1) is 11.3 Å². The number of piperidine rings is 1. The fraction of sp³-hybridized carbons (Fsp3) is 0.700. The van der Waals surface area contributed by atoms with Crippen LogP contribution in [0.4, 0.5) is 0 Å². The molecule has 2 rings (SSSR count). The Hall–Kier alpha value is -0.410. The van der Waals surface area contributed by atoms with Crippen LogP contribution in [0.5, 0.6) is 0 Å². The SMILES string of the molecule is Cc1ncc(C2CCNCC2C)s1. The summed E-state index contributed by atoms with van der Waals surface area (Å²) >= 11 is 1.86. The lowest BCUT2D eigenvalue weighted by Crippen LogP contribution is -2.33. The number of nitrogens with one attached hydrogen (secondary N) is 1. The molecule has 2 unspecified atom stereocenters. The summed E-state index contributed by atoms with van der Waals surface area (Å²) in [6.07, 6.45) is 3.33. The van der Waals surface area contributed by atoms with Crippen LogP contribution < -0.4 is 5.32 Å². The number of aryl methyl sites for hydroxylation is 1. The molecule has 72 valence electrons. The van der Waals surface area contributed by atoms with E-state index in [1.807, 2.05) is 11.3 Å². The highest BCUT2D eigenvalue weighted by atomic mass is 32.1. The summed E-state index contributed by atoms with van der Waals surface area (Å²) in [5.41, 5.74) is 0. The van der Waals surface area contributed by atoms with Gasteiger partial charge in [-0.2, -0.15) is 0 Å². The number of aromatic nitrogens is 1. The third-order valence-corrected chi connectivity index (χ3v) is 3.83. The minimum absolute atomic E-state index is 0.743. The Bertz CT molecular complexity index is 282. The molecular weight excluding hydrogens is 180 g/mol. The van der Waals surface area contributed by atoms with E-state index in [-0.39, 0.29) is 0 Å². The predicted octanol–water partition coefficient (Wildman–Crippen LogP) is 2.16. The van der Waals surface area contributed by atoms with Crippen molar-refractivity contribution in [3.8, 4) is 0 Å². The van der Waals surface area contributed by atoms with E-state index in [2.05, 4.69) is 30.3 Å². The second kappa shape index (κ2) is 3.76. The Labute approximate surface area is 83.4 Å². The van der Waals surface area contributed by atoms with Crippen molar-refractivity contribution in [3.63, 3.8) is 0 Å². The van der Waals surface area contributed by atoms with Crippen LogP contribution in [0.15, 0.2) is 6.20 Å². The fourth-order valence-electron chi connectivity index (χ4n) is 1.99. The zero-order valence-corrected chi connectivity index (χ0v) is 9.03. The van der Waals surface area contributed by atoms with Crippen LogP contribution >= 0.6 is 11.3 Å². The topological polar surface area (TPSA) is 24.9 Å². The van der Waals surface area contributed by atoms with Crippen LogP contribution in [0.3, 0.4) is 0 Å². The highest BCUT2D eigenvalue weighted by Gasteiger charge is 2.23. The van der Waals surface area contributed by atoms with E-state index in [4.69, 9.17) is 0 Å². The van der Waals surface area contributed by atoms with E-state index < -0.39 is 0 Å². The first kappa shape index (κ1) is 9.16. The van der Waals surface area contributed by atoms with Crippen molar-refractivity contribution in [1.29, 1.82) is 0 Å². The molecule has 1 aliphatic heterocycles. The fourth-order valence-corrected chi connectivity index (χ4v) is 3.04. The van der Waals surface area contributed by atoms with Gasteiger partial charge in [-0.1, -0.05) is 6.92 Å². The van der Waals surface area contributed by atoms with Gasteiger partial charge < -0.3 is 5.32 Å². The Balaban J connectivity index is 2.14. The molecule has 0 spiro atoms. The van der Waals surface area contributed by atoms with Gasteiger partial charge in [0, 0.05) is 11.1 Å². The first-order valence-electron chi connectivity index (χ1n) is 4.90. The van der Waals surface area contributed by atoms with E-state index >= 15 is 0 Å². The molecule has 1 saturated heterocycles. The van der Waals surface area contributed by atoms with E-state index in [1.165, 1.54) is 16.3 Å². The molecule has 0 radical (unpaired) electrons. The van der Waals surface area contributed by atoms with Gasteiger partial charge in [0.2, 0.25) is 0 Å². The highest BCUT2D eigenvalue weighted by molar-refractivity contribution is 7.11. The van der Waals surface area contributed by atoms with E-state index in [0.717, 1.165) is 24.9 Å². The van der Waals surface area contributed by atoms with Crippen LogP contribution in [-0.2, 0) is 0 Å². The summed E-state index contributed by atoms with van der Waals surface area (Å²) in [7, 11) is 0. The molecule has 1 aliphatic rings. The predicted molar refractivity (Wildman–Crippen MR) is 56.2 cm³/mol. The molecule has 1 aromatic heterocycles. The summed E-state index contributed by atoms with van der Waals surface area (Å²) in [6, 6.07) is 0. The minimum atomic E-state index is 0.743. The van der Waals surface area contributed by atoms with Gasteiger partial charge in [-0.05, 0) is 38.3 Å². The Kier molecular flexibility index (Phi) is 2.65. The van der Waals surface area contributed by atoms with E-state index in [9.17, 15) is 0 Å². The van der Waals surface area contributed by atoms with Crippen molar-refractivity contribution in [2.24, 2.45) is 5.92 Å². The molecule has 0 saturated carbocycles. The molecular formula is C10H16N2S. The second-order valence-corrected chi connectivity index (χ2v) is 5.12. The standard InChI is InChI=1S/C10H16N2S/c1-7-5-11-4-3-9(7)10-6-12-8(2)13-10/h6-7,9,11H,3-5H2,1-2H3. The third-order valence-electron chi connectivity index (χ3n) is 2.79. The van der Waals surface area contributed by atoms with Crippen molar-refractivity contribution in [3.05, 3.63) is 16.1 Å². The van der Waals surface area contributed by atoms with Gasteiger partial charge in [0.1, 0.15) is 0 Å². The molecule has 1 N–H and O–H groups in total. The largest absolute Gasteiger partial charge is 0.316 e. The first-order chi connectivity index (χ1) is 6.27. The zero-order chi connectivity index (χ0) is 9.26. The molecule has 0 amide bonds. The quantitative estimate of drug-likeness (QED) is 0.744. The van der Waals surface area contributed by atoms with Gasteiger partial charge in [-0.3, -0.25) is 0 Å². The van der Waals surface area contributed by atoms with Crippen LogP contribution in [0.25, 0.3) is 0 Å². The van der Waals surface area contributed by atoms with Crippen LogP contribution in [-0.4, -0.2) is 18.1 Å². The molecule has 0 aliphatic carbocycles. The van der Waals surface area contributed by atoms with Crippen molar-refractivity contribution in [2.45, 2.75) is 26.2 Å². The number of hydrogen-bond acceptors (Lipinski definition) is 3. The van der Waals surface area contributed by atoms with Crippen LogP contribution in [0.2, 0.25) is 0 Å². The maximum atomic E-state index is 4.32. The summed E-state index contributed by atoms with van der Waals surface area (Å²) in [6.45, 7) is 6.72. The van der Waals surface area contributed by atoms with Gasteiger partial charge in [0.15, 0.2) is 0 Å². The van der Waals surface area contributed by atoms with Gasteiger partial charge in [-0.25, -0.2) is 4.98 Å². The molecule has 1 aromatic rings. The molecule has 2 nitrogen and oxygen atoms in total. The number of hydrogen-bond donors (Lipinski definition) is 1. The second-order valence-electron chi connectivity index (χ2n) is 3.86. The number of thiazole rings is 1. The monoisotopic (exact) mass is 196 g/mol. The minimum Gasteiger partial charge on any atom is -0.316 e. The molecule has 13 heavy (non-hydrogen) atoms. The molecule has 0 aromatic carbocycles. The Morgan fingerprint density at radius 3 is 3.08 bits per heavy atom. The van der Waals surface area contributed by atoms with Crippen molar-refractivity contribution >= 4 is 11.3 Å². The molecule has 2 atom stereocenters. The molecule has 3 heteroatoms. The lowest BCUT2D eigenvalue weighted by molar-refractivity contribution is 0.353. The van der Waals surface area contributed by atoms with E-state index in [1.54, 1.807) is 0 Å². The Morgan fingerprint density at radius 2 is 2.46 bits per heavy atom. The van der Waals surface area contributed by atoms with Crippen LogP contribution in [0, 0.1) is 12.8 Å². The highest BCUT2D eigenvalue weighted by Crippen LogP contribution is 2.33. The Morgan fingerprint density at radius 1 is 1.62 bits per heavy atom. The zero-order valence-electron chi connectivity index (χ0n) is 8.21. The smallest absolute Gasteiger partial charge is 0.0896 e. The number of nitrogens with zero attached hydrogens (tertiary/aromatic N) is 1. The lowest BCUT2D eigenvalue weighted by Gasteiger charge is -2.28. The maximum absolute atomic E-state index is 4.32. The van der Waals surface area contributed by atoms with Crippen LogP contribution in [0.1, 0.15) is 29.1 Å². The van der Waals surface area contributed by atoms with Crippen molar-refractivity contribution < 1.29 is 0 Å². The maximum Gasteiger partial charge on any atom is 0.0896 e. The summed E-state index contributed by atoms with van der Waals surface area (Å²) in [5, 5.41) is 4.62. The lowest BCUT2D eigenvalue weighted by atomic mass is 9.87. The summed E-state index contributed by atoms with van der Waals surface area (Å²) in [5.74, 6) is 1.50. The summed E-state index contributed by atoms with van der Waals surface area (Å²) < 4.78 is 0. The normalized spacial score (nSPS) is 29.1. The molecule has 2 heterocycles.